The number of rotatable bonds is 7. The molecule has 2 rings (SSSR count). The molecule has 0 amide bonds. The lowest BCUT2D eigenvalue weighted by Gasteiger charge is -2.37. The van der Waals surface area contributed by atoms with Crippen molar-refractivity contribution in [1.29, 1.82) is 0 Å². The van der Waals surface area contributed by atoms with Gasteiger partial charge in [-0.2, -0.15) is 0 Å². The van der Waals surface area contributed by atoms with E-state index in [9.17, 15) is 18.3 Å². The van der Waals surface area contributed by atoms with E-state index in [1.165, 1.54) is 4.31 Å². The van der Waals surface area contributed by atoms with Crippen LogP contribution in [0.2, 0.25) is 0 Å². The van der Waals surface area contributed by atoms with Crippen molar-refractivity contribution in [3.63, 3.8) is 0 Å². The molecule has 8 heteroatoms. The van der Waals surface area contributed by atoms with E-state index in [1.807, 2.05) is 18.7 Å². The number of hydrogen-bond donors (Lipinski definition) is 1. The smallest absolute Gasteiger partial charge is 0.317 e. The van der Waals surface area contributed by atoms with Gasteiger partial charge in [-0.25, -0.2) is 12.7 Å². The average Bonchev–Trinajstić information content (AvgIpc) is 2.57. The molecule has 0 saturated carbocycles. The fraction of sp³-hybridized carbons (Fsp3) is 0.611. The predicted molar refractivity (Wildman–Crippen MR) is 105 cm³/mol. The summed E-state index contributed by atoms with van der Waals surface area (Å²) >= 11 is 0. The van der Waals surface area contributed by atoms with Crippen LogP contribution in [0.25, 0.3) is 0 Å². The standard InChI is InChI=1S/C18H28N2O4S.ClH/c1-4-25(23,24)20-9-7-17(8-10-20)19(13-18(21)22)12-16-11-14(2)5-6-15(16)3;/h5-6,11,17H,4,7-10,12-13H2,1-3H3,(H,21,22);1H. The second-order valence-electron chi connectivity index (χ2n) is 6.76. The Morgan fingerprint density at radius 1 is 1.27 bits per heavy atom. The quantitative estimate of drug-likeness (QED) is 0.755. The number of nitrogens with zero attached hydrogens (tertiary/aromatic N) is 2. The van der Waals surface area contributed by atoms with E-state index in [-0.39, 0.29) is 30.7 Å². The van der Waals surface area contributed by atoms with Crippen molar-refractivity contribution in [2.75, 3.05) is 25.4 Å². The third-order valence-corrected chi connectivity index (χ3v) is 6.80. The number of halogens is 1. The van der Waals surface area contributed by atoms with Crippen molar-refractivity contribution in [2.24, 2.45) is 0 Å². The second kappa shape index (κ2) is 9.69. The van der Waals surface area contributed by atoms with Crippen LogP contribution in [0.3, 0.4) is 0 Å². The zero-order chi connectivity index (χ0) is 18.6. The van der Waals surface area contributed by atoms with Gasteiger partial charge in [0.15, 0.2) is 0 Å². The van der Waals surface area contributed by atoms with Gasteiger partial charge in [-0.15, -0.1) is 12.4 Å². The molecule has 0 aromatic heterocycles. The first kappa shape index (κ1) is 22.9. The third-order valence-electron chi connectivity index (χ3n) is 4.91. The number of benzene rings is 1. The van der Waals surface area contributed by atoms with Crippen LogP contribution in [0.5, 0.6) is 0 Å². The van der Waals surface area contributed by atoms with Crippen LogP contribution in [-0.2, 0) is 21.4 Å². The Kier molecular flexibility index (Phi) is 8.53. The molecule has 6 nitrogen and oxygen atoms in total. The van der Waals surface area contributed by atoms with E-state index in [0.29, 0.717) is 32.5 Å². The molecule has 1 aromatic carbocycles. The van der Waals surface area contributed by atoms with E-state index >= 15 is 0 Å². The number of carbonyl (C=O) groups is 1. The van der Waals surface area contributed by atoms with Gasteiger partial charge < -0.3 is 5.11 Å². The van der Waals surface area contributed by atoms with Crippen molar-refractivity contribution >= 4 is 28.4 Å². The number of carboxylic acid groups (broad SMARTS) is 1. The third kappa shape index (κ3) is 5.94. The molecule has 26 heavy (non-hydrogen) atoms. The summed E-state index contributed by atoms with van der Waals surface area (Å²) in [4.78, 5) is 13.3. The minimum absolute atomic E-state index is 0. The van der Waals surface area contributed by atoms with Crippen LogP contribution >= 0.6 is 12.4 Å². The van der Waals surface area contributed by atoms with Crippen LogP contribution in [0.4, 0.5) is 0 Å². The van der Waals surface area contributed by atoms with Crippen LogP contribution < -0.4 is 0 Å². The molecule has 0 bridgehead atoms. The Balaban J connectivity index is 0.00000338. The lowest BCUT2D eigenvalue weighted by atomic mass is 10.0. The van der Waals surface area contributed by atoms with E-state index in [1.54, 1.807) is 6.92 Å². The van der Waals surface area contributed by atoms with Gasteiger partial charge in [-0.3, -0.25) is 9.69 Å². The minimum atomic E-state index is -3.17. The number of hydrogen-bond acceptors (Lipinski definition) is 4. The normalized spacial score (nSPS) is 16.5. The van der Waals surface area contributed by atoms with E-state index in [2.05, 4.69) is 18.2 Å². The molecular weight excluding hydrogens is 376 g/mol. The highest BCUT2D eigenvalue weighted by atomic mass is 35.5. The summed E-state index contributed by atoms with van der Waals surface area (Å²) in [6, 6.07) is 6.29. The maximum atomic E-state index is 12.0. The summed E-state index contributed by atoms with van der Waals surface area (Å²) in [5, 5.41) is 9.29. The molecule has 148 valence electrons. The lowest BCUT2D eigenvalue weighted by Crippen LogP contribution is -2.48. The molecule has 0 spiro atoms. The number of aryl methyl sites for hydroxylation is 2. The minimum Gasteiger partial charge on any atom is -0.480 e. The maximum Gasteiger partial charge on any atom is 0.317 e. The second-order valence-corrected chi connectivity index (χ2v) is 9.02. The van der Waals surface area contributed by atoms with E-state index in [0.717, 1.165) is 16.7 Å². The van der Waals surface area contributed by atoms with Gasteiger partial charge in [0, 0.05) is 25.7 Å². The molecule has 1 fully saturated rings. The summed E-state index contributed by atoms with van der Waals surface area (Å²) in [6.45, 7) is 7.18. The summed E-state index contributed by atoms with van der Waals surface area (Å²) in [7, 11) is -3.17. The van der Waals surface area contributed by atoms with Crippen molar-refractivity contribution < 1.29 is 18.3 Å². The molecule has 1 aromatic rings. The number of sulfonamides is 1. The highest BCUT2D eigenvalue weighted by Crippen LogP contribution is 2.22. The Morgan fingerprint density at radius 2 is 1.88 bits per heavy atom. The summed E-state index contributed by atoms with van der Waals surface area (Å²) in [6.07, 6.45) is 1.33. The zero-order valence-corrected chi connectivity index (χ0v) is 17.3. The molecule has 1 aliphatic heterocycles. The van der Waals surface area contributed by atoms with E-state index in [4.69, 9.17) is 0 Å². The largest absolute Gasteiger partial charge is 0.480 e. The van der Waals surface area contributed by atoms with Gasteiger partial charge in [0.1, 0.15) is 0 Å². The molecule has 1 N–H and O–H groups in total. The summed E-state index contributed by atoms with van der Waals surface area (Å²) < 4.78 is 25.5. The van der Waals surface area contributed by atoms with Crippen molar-refractivity contribution in [1.82, 2.24) is 9.21 Å². The molecular formula is C18H29ClN2O4S. The van der Waals surface area contributed by atoms with Gasteiger partial charge in [-0.05, 0) is 44.7 Å². The molecule has 1 aliphatic rings. The highest BCUT2D eigenvalue weighted by Gasteiger charge is 2.30. The topological polar surface area (TPSA) is 77.9 Å². The van der Waals surface area contributed by atoms with Crippen LogP contribution in [0.1, 0.15) is 36.5 Å². The Hall–Kier alpha value is -1.15. The zero-order valence-electron chi connectivity index (χ0n) is 15.6. The number of carboxylic acids is 1. The fourth-order valence-electron chi connectivity index (χ4n) is 3.35. The monoisotopic (exact) mass is 404 g/mol. The summed E-state index contributed by atoms with van der Waals surface area (Å²) in [5.74, 6) is -0.743. The Morgan fingerprint density at radius 3 is 2.42 bits per heavy atom. The summed E-state index contributed by atoms with van der Waals surface area (Å²) in [5.41, 5.74) is 3.43. The van der Waals surface area contributed by atoms with Crippen LogP contribution in [0, 0.1) is 13.8 Å². The van der Waals surface area contributed by atoms with Gasteiger partial charge >= 0.3 is 5.97 Å². The van der Waals surface area contributed by atoms with E-state index < -0.39 is 16.0 Å². The van der Waals surface area contributed by atoms with Crippen molar-refractivity contribution in [3.8, 4) is 0 Å². The highest BCUT2D eigenvalue weighted by molar-refractivity contribution is 7.89. The maximum absolute atomic E-state index is 12.0. The average molecular weight is 405 g/mol. The molecule has 1 saturated heterocycles. The Labute approximate surface area is 162 Å². The molecule has 1 heterocycles. The van der Waals surface area contributed by atoms with Gasteiger partial charge in [0.25, 0.3) is 0 Å². The first-order chi connectivity index (χ1) is 11.7. The van der Waals surface area contributed by atoms with Gasteiger partial charge in [0.05, 0.1) is 12.3 Å². The van der Waals surface area contributed by atoms with Gasteiger partial charge in [0.2, 0.25) is 10.0 Å². The van der Waals surface area contributed by atoms with Crippen molar-refractivity contribution in [2.45, 2.75) is 46.2 Å². The molecule has 0 atom stereocenters. The lowest BCUT2D eigenvalue weighted by molar-refractivity contribution is -0.139. The number of piperidine rings is 1. The van der Waals surface area contributed by atoms with Crippen LogP contribution in [-0.4, -0.2) is 60.1 Å². The number of aliphatic carboxylic acids is 1. The molecule has 0 radical (unpaired) electrons. The Bertz CT molecular complexity index is 716. The predicted octanol–water partition coefficient (Wildman–Crippen LogP) is 2.43. The van der Waals surface area contributed by atoms with Crippen molar-refractivity contribution in [3.05, 3.63) is 34.9 Å². The first-order valence-corrected chi connectivity index (χ1v) is 10.3. The van der Waals surface area contributed by atoms with Crippen LogP contribution in [0.15, 0.2) is 18.2 Å². The van der Waals surface area contributed by atoms with Gasteiger partial charge in [-0.1, -0.05) is 23.8 Å². The SMILES string of the molecule is CCS(=O)(=O)N1CCC(N(CC(=O)O)Cc2cc(C)ccc2C)CC1.Cl. The molecule has 0 aliphatic carbocycles. The first-order valence-electron chi connectivity index (χ1n) is 8.72. The molecule has 0 unspecified atom stereocenters. The fourth-order valence-corrected chi connectivity index (χ4v) is 4.48.